The van der Waals surface area contributed by atoms with Gasteiger partial charge in [-0.15, -0.1) is 11.8 Å². The van der Waals surface area contributed by atoms with Crippen molar-refractivity contribution < 1.29 is 4.79 Å². The summed E-state index contributed by atoms with van der Waals surface area (Å²) in [6, 6.07) is 5.69. The summed E-state index contributed by atoms with van der Waals surface area (Å²) in [5.74, 6) is 0. The Morgan fingerprint density at radius 2 is 2.12 bits per heavy atom. The first-order valence-electron chi connectivity index (χ1n) is 5.85. The lowest BCUT2D eigenvalue weighted by molar-refractivity contribution is 0.108. The molecule has 0 saturated heterocycles. The minimum Gasteiger partial charge on any atom is -0.289 e. The van der Waals surface area contributed by atoms with E-state index in [-0.39, 0.29) is 5.52 Å². The molecule has 4 heteroatoms. The fourth-order valence-electron chi connectivity index (χ4n) is 2.22. The summed E-state index contributed by atoms with van der Waals surface area (Å²) >= 11 is 7.75. The first-order chi connectivity index (χ1) is 8.22. The number of thioether (sulfide) groups is 1. The van der Waals surface area contributed by atoms with Crippen molar-refractivity contribution in [1.82, 2.24) is 0 Å². The summed E-state index contributed by atoms with van der Waals surface area (Å²) in [6.07, 6.45) is 6.97. The molecule has 0 radical (unpaired) electrons. The highest BCUT2D eigenvalue weighted by Crippen LogP contribution is 2.39. The van der Waals surface area contributed by atoms with Crippen LogP contribution in [0.5, 0.6) is 0 Å². The fourth-order valence-corrected chi connectivity index (χ4v) is 4.81. The Bertz CT molecular complexity index is 416. The average molecular weight is 287 g/mol. The molecule has 1 aromatic carbocycles. The molecule has 1 unspecified atom stereocenters. The van der Waals surface area contributed by atoms with Crippen molar-refractivity contribution in [2.24, 2.45) is 0 Å². The van der Waals surface area contributed by atoms with Crippen LogP contribution in [0.1, 0.15) is 36.0 Å². The van der Waals surface area contributed by atoms with Crippen LogP contribution in [0.2, 0.25) is 5.02 Å². The number of hydrogen-bond donors (Lipinski definition) is 0. The lowest BCUT2D eigenvalue weighted by Crippen LogP contribution is -2.02. The van der Waals surface area contributed by atoms with Crippen molar-refractivity contribution in [3.8, 4) is 0 Å². The van der Waals surface area contributed by atoms with E-state index in [4.69, 9.17) is 11.6 Å². The first kappa shape index (κ1) is 13.4. The van der Waals surface area contributed by atoms with Crippen molar-refractivity contribution in [2.75, 3.05) is 6.26 Å². The van der Waals surface area contributed by atoms with E-state index in [9.17, 15) is 4.79 Å². The summed E-state index contributed by atoms with van der Waals surface area (Å²) in [7, 11) is 0.396. The number of rotatable bonds is 4. The molecular formula is C13H16ClOPS. The minimum atomic E-state index is 0.242. The van der Waals surface area contributed by atoms with Crippen LogP contribution in [0, 0.1) is 0 Å². The fraction of sp³-hybridized carbons (Fsp3) is 0.462. The highest BCUT2D eigenvalue weighted by Gasteiger charge is 2.22. The molecule has 2 rings (SSSR count). The normalized spacial score (nSPS) is 17.1. The molecule has 0 aliphatic heterocycles. The van der Waals surface area contributed by atoms with Crippen LogP contribution in [-0.2, 0) is 0 Å². The monoisotopic (exact) mass is 286 g/mol. The molecule has 17 heavy (non-hydrogen) atoms. The quantitative estimate of drug-likeness (QED) is 0.583. The van der Waals surface area contributed by atoms with Gasteiger partial charge in [-0.25, -0.2) is 0 Å². The molecule has 0 spiro atoms. The second-order valence-corrected chi connectivity index (χ2v) is 7.09. The molecule has 0 amide bonds. The van der Waals surface area contributed by atoms with Gasteiger partial charge in [0.15, 0.2) is 5.52 Å². The smallest absolute Gasteiger partial charge is 0.184 e. The molecule has 0 N–H and O–H groups in total. The van der Waals surface area contributed by atoms with Gasteiger partial charge in [0, 0.05) is 4.90 Å². The number of carbonyl (C=O) groups is 1. The van der Waals surface area contributed by atoms with Gasteiger partial charge >= 0.3 is 0 Å². The zero-order chi connectivity index (χ0) is 12.3. The van der Waals surface area contributed by atoms with E-state index in [1.807, 2.05) is 24.5 Å². The van der Waals surface area contributed by atoms with E-state index < -0.39 is 0 Å². The molecule has 0 bridgehead atoms. The van der Waals surface area contributed by atoms with Gasteiger partial charge in [0.05, 0.1) is 10.6 Å². The predicted octanol–water partition coefficient (Wildman–Crippen LogP) is 4.82. The molecule has 1 aliphatic carbocycles. The SMILES string of the molecule is CSc1cccc(Cl)c1C(=O)PC1CCCC1. The van der Waals surface area contributed by atoms with E-state index in [0.29, 0.717) is 19.3 Å². The van der Waals surface area contributed by atoms with Gasteiger partial charge in [0.2, 0.25) is 0 Å². The largest absolute Gasteiger partial charge is 0.289 e. The topological polar surface area (TPSA) is 17.1 Å². The third-order valence-corrected chi connectivity index (χ3v) is 5.71. The highest BCUT2D eigenvalue weighted by atomic mass is 35.5. The van der Waals surface area contributed by atoms with Crippen LogP contribution in [0.3, 0.4) is 0 Å². The van der Waals surface area contributed by atoms with Crippen molar-refractivity contribution >= 4 is 37.5 Å². The summed E-state index contributed by atoms with van der Waals surface area (Å²) in [6.45, 7) is 0. The summed E-state index contributed by atoms with van der Waals surface area (Å²) in [5.41, 5.74) is 1.59. The Balaban J connectivity index is 2.17. The lowest BCUT2D eigenvalue weighted by atomic mass is 10.2. The molecule has 92 valence electrons. The van der Waals surface area contributed by atoms with Gasteiger partial charge in [-0.2, -0.15) is 0 Å². The molecule has 1 fully saturated rings. The Kier molecular flexibility index (Phi) is 4.90. The molecule has 1 aliphatic rings. The summed E-state index contributed by atoms with van der Waals surface area (Å²) < 4.78 is 0. The number of halogens is 1. The second-order valence-electron chi connectivity index (χ2n) is 4.27. The maximum atomic E-state index is 12.3. The van der Waals surface area contributed by atoms with Crippen LogP contribution in [0.25, 0.3) is 0 Å². The third kappa shape index (κ3) is 3.24. The van der Waals surface area contributed by atoms with Crippen LogP contribution < -0.4 is 0 Å². The molecule has 1 saturated carbocycles. The number of benzene rings is 1. The van der Waals surface area contributed by atoms with Crippen molar-refractivity contribution in [3.05, 3.63) is 28.8 Å². The molecule has 1 nitrogen and oxygen atoms in total. The average Bonchev–Trinajstić information content (AvgIpc) is 2.81. The standard InChI is InChI=1S/C13H16ClOPS/c1-17-11-8-4-7-10(14)12(11)13(15)16-9-5-2-3-6-9/h4,7-9,16H,2-3,5-6H2,1H3. The molecule has 0 heterocycles. The van der Waals surface area contributed by atoms with Crippen molar-refractivity contribution in [1.29, 1.82) is 0 Å². The highest BCUT2D eigenvalue weighted by molar-refractivity contribution is 7.98. The maximum Gasteiger partial charge on any atom is 0.184 e. The minimum absolute atomic E-state index is 0.242. The van der Waals surface area contributed by atoms with Gasteiger partial charge < -0.3 is 0 Å². The van der Waals surface area contributed by atoms with Gasteiger partial charge in [-0.05, 0) is 45.5 Å². The van der Waals surface area contributed by atoms with Crippen LogP contribution in [0.15, 0.2) is 23.1 Å². The van der Waals surface area contributed by atoms with Gasteiger partial charge in [-0.1, -0.05) is 30.5 Å². The Morgan fingerprint density at radius 3 is 2.76 bits per heavy atom. The Labute approximate surface area is 113 Å². The second kappa shape index (κ2) is 6.22. The van der Waals surface area contributed by atoms with E-state index in [1.165, 1.54) is 25.7 Å². The maximum absolute atomic E-state index is 12.3. The summed E-state index contributed by atoms with van der Waals surface area (Å²) in [4.78, 5) is 13.3. The van der Waals surface area contributed by atoms with E-state index in [1.54, 1.807) is 11.8 Å². The van der Waals surface area contributed by atoms with Gasteiger partial charge in [-0.3, -0.25) is 4.79 Å². The van der Waals surface area contributed by atoms with Crippen LogP contribution in [0.4, 0.5) is 0 Å². The van der Waals surface area contributed by atoms with E-state index in [2.05, 4.69) is 0 Å². The molecule has 1 atom stereocenters. The van der Waals surface area contributed by atoms with Gasteiger partial charge in [0.1, 0.15) is 0 Å². The third-order valence-electron chi connectivity index (χ3n) is 3.11. The molecule has 0 aromatic heterocycles. The van der Waals surface area contributed by atoms with E-state index in [0.717, 1.165) is 10.5 Å². The van der Waals surface area contributed by atoms with Crippen molar-refractivity contribution in [3.63, 3.8) is 0 Å². The molecule has 1 aromatic rings. The zero-order valence-electron chi connectivity index (χ0n) is 9.83. The van der Waals surface area contributed by atoms with Crippen LogP contribution in [-0.4, -0.2) is 17.4 Å². The number of hydrogen-bond acceptors (Lipinski definition) is 2. The van der Waals surface area contributed by atoms with Crippen LogP contribution >= 0.6 is 31.9 Å². The Hall–Kier alpha value is -0.0400. The zero-order valence-corrected chi connectivity index (χ0v) is 12.4. The van der Waals surface area contributed by atoms with Crippen molar-refractivity contribution in [2.45, 2.75) is 36.2 Å². The number of carbonyl (C=O) groups excluding carboxylic acids is 1. The lowest BCUT2D eigenvalue weighted by Gasteiger charge is -2.11. The Morgan fingerprint density at radius 1 is 1.41 bits per heavy atom. The first-order valence-corrected chi connectivity index (χ1v) is 8.53. The predicted molar refractivity (Wildman–Crippen MR) is 78.1 cm³/mol. The van der Waals surface area contributed by atoms with E-state index >= 15 is 0 Å². The summed E-state index contributed by atoms with van der Waals surface area (Å²) in [5, 5.41) is 0.604. The van der Waals surface area contributed by atoms with Gasteiger partial charge in [0.25, 0.3) is 0 Å². The molecular weight excluding hydrogens is 271 g/mol.